The fourth-order valence-electron chi connectivity index (χ4n) is 3.12. The largest absolute Gasteiger partial charge is 0.480 e. The van der Waals surface area contributed by atoms with E-state index in [1.165, 1.54) is 4.90 Å². The second kappa shape index (κ2) is 8.03. The zero-order valence-electron chi connectivity index (χ0n) is 14.2. The summed E-state index contributed by atoms with van der Waals surface area (Å²) < 4.78 is 51.9. The van der Waals surface area contributed by atoms with Crippen molar-refractivity contribution in [1.82, 2.24) is 9.80 Å². The van der Waals surface area contributed by atoms with Gasteiger partial charge >= 0.3 is 12.1 Å². The van der Waals surface area contributed by atoms with Crippen LogP contribution in [0, 0.1) is 5.82 Å². The summed E-state index contributed by atoms with van der Waals surface area (Å²) >= 11 is 0. The Kier molecular flexibility index (Phi) is 6.22. The molecule has 0 aliphatic carbocycles. The Morgan fingerprint density at radius 3 is 2.58 bits per heavy atom. The highest BCUT2D eigenvalue weighted by atomic mass is 19.4. The minimum absolute atomic E-state index is 0.0251. The molecule has 5 nitrogen and oxygen atoms in total. The van der Waals surface area contributed by atoms with E-state index in [-0.39, 0.29) is 18.2 Å². The normalized spacial score (nSPS) is 18.7. The van der Waals surface area contributed by atoms with E-state index in [9.17, 15) is 27.2 Å². The maximum atomic E-state index is 13.4. The van der Waals surface area contributed by atoms with Crippen LogP contribution in [0.25, 0.3) is 0 Å². The van der Waals surface area contributed by atoms with Crippen LogP contribution in [0.5, 0.6) is 0 Å². The number of rotatable bonds is 4. The number of alkyl halides is 3. The maximum Gasteiger partial charge on any atom is 0.419 e. The lowest BCUT2D eigenvalue weighted by Crippen LogP contribution is -2.37. The van der Waals surface area contributed by atoms with E-state index in [1.807, 2.05) is 0 Å². The molecule has 0 radical (unpaired) electrons. The van der Waals surface area contributed by atoms with Crippen LogP contribution in [0.15, 0.2) is 18.2 Å². The highest BCUT2D eigenvalue weighted by molar-refractivity contribution is 5.94. The molecule has 1 unspecified atom stereocenters. The van der Waals surface area contributed by atoms with Gasteiger partial charge in [-0.3, -0.25) is 14.5 Å². The highest BCUT2D eigenvalue weighted by Crippen LogP contribution is 2.32. The van der Waals surface area contributed by atoms with Gasteiger partial charge in [0.1, 0.15) is 5.82 Å². The summed E-state index contributed by atoms with van der Waals surface area (Å²) in [7, 11) is 1.69. The molecule has 1 aliphatic rings. The first-order valence-electron chi connectivity index (χ1n) is 8.17. The first-order valence-corrected chi connectivity index (χ1v) is 8.17. The molecule has 1 heterocycles. The number of benzene rings is 1. The van der Waals surface area contributed by atoms with Crippen LogP contribution in [0.3, 0.4) is 0 Å². The van der Waals surface area contributed by atoms with E-state index in [2.05, 4.69) is 0 Å². The summed E-state index contributed by atoms with van der Waals surface area (Å²) in [5.74, 6) is -2.95. The van der Waals surface area contributed by atoms with Crippen LogP contribution in [0.4, 0.5) is 17.6 Å². The number of aliphatic carboxylic acids is 1. The van der Waals surface area contributed by atoms with Crippen molar-refractivity contribution in [2.24, 2.45) is 0 Å². The molecular weight excluding hydrogens is 356 g/mol. The van der Waals surface area contributed by atoms with E-state index in [1.54, 1.807) is 11.9 Å². The number of carboxylic acids is 1. The molecule has 1 fully saturated rings. The number of hydrogen-bond acceptors (Lipinski definition) is 3. The molecule has 1 N–H and O–H groups in total. The lowest BCUT2D eigenvalue weighted by Gasteiger charge is -2.25. The number of halogens is 4. The molecule has 0 spiro atoms. The molecule has 1 aromatic rings. The summed E-state index contributed by atoms with van der Waals surface area (Å²) in [5.41, 5.74) is -1.67. The standard InChI is InChI=1S/C17H20F4N2O3/c1-22(10-15(24)25)12-3-2-7-23(8-6-12)16(26)11-4-5-14(18)13(9-11)17(19,20)21/h4-5,9,12H,2-3,6-8,10H2,1H3,(H,24,25). The second-order valence-electron chi connectivity index (χ2n) is 6.38. The van der Waals surface area contributed by atoms with Crippen molar-refractivity contribution in [3.8, 4) is 0 Å². The fourth-order valence-corrected chi connectivity index (χ4v) is 3.12. The number of hydrogen-bond donors (Lipinski definition) is 1. The lowest BCUT2D eigenvalue weighted by atomic mass is 10.1. The molecule has 0 saturated carbocycles. The van der Waals surface area contributed by atoms with E-state index < -0.39 is 29.4 Å². The number of carboxylic acid groups (broad SMARTS) is 1. The van der Waals surface area contributed by atoms with Gasteiger partial charge in [0, 0.05) is 24.7 Å². The van der Waals surface area contributed by atoms with E-state index in [0.29, 0.717) is 44.5 Å². The summed E-state index contributed by atoms with van der Waals surface area (Å²) in [4.78, 5) is 26.5. The molecule has 1 amide bonds. The monoisotopic (exact) mass is 376 g/mol. The smallest absolute Gasteiger partial charge is 0.419 e. The number of carbonyl (C=O) groups is 2. The molecule has 26 heavy (non-hydrogen) atoms. The van der Waals surface area contributed by atoms with Crippen molar-refractivity contribution in [1.29, 1.82) is 0 Å². The molecule has 0 aromatic heterocycles. The van der Waals surface area contributed by atoms with Crippen LogP contribution >= 0.6 is 0 Å². The van der Waals surface area contributed by atoms with Crippen molar-refractivity contribution in [3.63, 3.8) is 0 Å². The first kappa shape index (κ1) is 20.2. The van der Waals surface area contributed by atoms with Crippen molar-refractivity contribution < 1.29 is 32.3 Å². The van der Waals surface area contributed by atoms with Gasteiger partial charge in [0.15, 0.2) is 0 Å². The van der Waals surface area contributed by atoms with Gasteiger partial charge < -0.3 is 10.0 Å². The summed E-state index contributed by atoms with van der Waals surface area (Å²) in [5, 5.41) is 8.86. The first-order chi connectivity index (χ1) is 12.1. The van der Waals surface area contributed by atoms with E-state index in [4.69, 9.17) is 5.11 Å². The van der Waals surface area contributed by atoms with Gasteiger partial charge in [-0.05, 0) is 44.5 Å². The lowest BCUT2D eigenvalue weighted by molar-refractivity contribution is -0.140. The third-order valence-electron chi connectivity index (χ3n) is 4.51. The Morgan fingerprint density at radius 2 is 1.96 bits per heavy atom. The van der Waals surface area contributed by atoms with Crippen LogP contribution < -0.4 is 0 Å². The summed E-state index contributed by atoms with van der Waals surface area (Å²) in [6.07, 6.45) is -3.06. The molecule has 1 aromatic carbocycles. The summed E-state index contributed by atoms with van der Waals surface area (Å²) in [6.45, 7) is 0.534. The molecule has 2 rings (SSSR count). The molecule has 1 atom stereocenters. The Labute approximate surface area is 148 Å². The zero-order chi connectivity index (χ0) is 19.5. The van der Waals surface area contributed by atoms with Crippen molar-refractivity contribution in [2.75, 3.05) is 26.7 Å². The number of likely N-dealkylation sites (tertiary alicyclic amines) is 1. The number of likely N-dealkylation sites (N-methyl/N-ethyl adjacent to an activating group) is 1. The van der Waals surface area contributed by atoms with Gasteiger partial charge in [-0.1, -0.05) is 0 Å². The van der Waals surface area contributed by atoms with Crippen molar-refractivity contribution in [2.45, 2.75) is 31.5 Å². The Hall–Kier alpha value is -2.16. The third kappa shape index (κ3) is 4.94. The molecule has 1 aliphatic heterocycles. The average molecular weight is 376 g/mol. The predicted octanol–water partition coefficient (Wildman–Crippen LogP) is 2.86. The van der Waals surface area contributed by atoms with Gasteiger partial charge in [0.05, 0.1) is 12.1 Å². The molecule has 9 heteroatoms. The van der Waals surface area contributed by atoms with Crippen LogP contribution in [-0.4, -0.2) is 59.5 Å². The van der Waals surface area contributed by atoms with Crippen molar-refractivity contribution in [3.05, 3.63) is 35.1 Å². The number of nitrogens with zero attached hydrogens (tertiary/aromatic N) is 2. The SMILES string of the molecule is CN(CC(=O)O)C1CCCN(C(=O)c2ccc(F)c(C(F)(F)F)c2)CC1. The Bertz CT molecular complexity index is 678. The Morgan fingerprint density at radius 1 is 1.27 bits per heavy atom. The highest BCUT2D eigenvalue weighted by Gasteiger charge is 2.35. The van der Waals surface area contributed by atoms with Gasteiger partial charge in [-0.15, -0.1) is 0 Å². The van der Waals surface area contributed by atoms with E-state index >= 15 is 0 Å². The minimum Gasteiger partial charge on any atom is -0.480 e. The summed E-state index contributed by atoms with van der Waals surface area (Å²) in [6, 6.07) is 2.21. The van der Waals surface area contributed by atoms with Crippen LogP contribution in [-0.2, 0) is 11.0 Å². The average Bonchev–Trinajstić information content (AvgIpc) is 2.79. The number of amides is 1. The minimum atomic E-state index is -4.87. The quantitative estimate of drug-likeness (QED) is 0.821. The van der Waals surface area contributed by atoms with Crippen LogP contribution in [0.2, 0.25) is 0 Å². The number of carbonyl (C=O) groups excluding carboxylic acids is 1. The predicted molar refractivity (Wildman–Crippen MR) is 85.2 cm³/mol. The molecule has 1 saturated heterocycles. The second-order valence-corrected chi connectivity index (χ2v) is 6.38. The Balaban J connectivity index is 2.10. The fraction of sp³-hybridized carbons (Fsp3) is 0.529. The van der Waals surface area contributed by atoms with Crippen LogP contribution in [0.1, 0.15) is 35.2 Å². The molecule has 144 valence electrons. The topological polar surface area (TPSA) is 60.9 Å². The molecule has 0 bridgehead atoms. The third-order valence-corrected chi connectivity index (χ3v) is 4.51. The van der Waals surface area contributed by atoms with E-state index in [0.717, 1.165) is 6.07 Å². The van der Waals surface area contributed by atoms with Crippen molar-refractivity contribution >= 4 is 11.9 Å². The zero-order valence-corrected chi connectivity index (χ0v) is 14.2. The van der Waals surface area contributed by atoms with Gasteiger partial charge in [0.2, 0.25) is 0 Å². The molecular formula is C17H20F4N2O3. The maximum absolute atomic E-state index is 13.4. The van der Waals surface area contributed by atoms with Gasteiger partial charge in [-0.2, -0.15) is 13.2 Å². The van der Waals surface area contributed by atoms with Gasteiger partial charge in [-0.25, -0.2) is 4.39 Å². The van der Waals surface area contributed by atoms with Gasteiger partial charge in [0.25, 0.3) is 5.91 Å².